The van der Waals surface area contributed by atoms with E-state index in [1.165, 1.54) is 14.0 Å². The van der Waals surface area contributed by atoms with Crippen LogP contribution in [0.25, 0.3) is 0 Å². The van der Waals surface area contributed by atoms with Crippen LogP contribution in [0.3, 0.4) is 0 Å². The molecule has 0 radical (unpaired) electrons. The second-order valence-electron chi connectivity index (χ2n) is 2.62. The molecule has 0 unspecified atom stereocenters. The van der Waals surface area contributed by atoms with E-state index in [1.807, 2.05) is 0 Å². The van der Waals surface area contributed by atoms with Crippen LogP contribution in [0.2, 0.25) is 0 Å². The molecule has 0 heterocycles. The smallest absolute Gasteiger partial charge is 0.117 e. The summed E-state index contributed by atoms with van der Waals surface area (Å²) in [5.41, 5.74) is 0. The molecule has 0 aromatic heterocycles. The van der Waals surface area contributed by atoms with Crippen molar-refractivity contribution in [2.75, 3.05) is 7.05 Å². The van der Waals surface area contributed by atoms with E-state index in [0.717, 1.165) is 6.21 Å². The summed E-state index contributed by atoms with van der Waals surface area (Å²) in [5.74, 6) is 0. The van der Waals surface area contributed by atoms with Crippen LogP contribution >= 0.6 is 0 Å². The lowest BCUT2D eigenvalue weighted by atomic mass is 10.1. The van der Waals surface area contributed by atoms with Gasteiger partial charge in [-0.1, -0.05) is 0 Å². The minimum atomic E-state index is -1.41. The van der Waals surface area contributed by atoms with Gasteiger partial charge in [-0.25, -0.2) is 0 Å². The highest BCUT2D eigenvalue weighted by Gasteiger charge is 2.26. The summed E-state index contributed by atoms with van der Waals surface area (Å²) in [4.78, 5) is 3.47. The van der Waals surface area contributed by atoms with E-state index >= 15 is 0 Å². The first kappa shape index (κ1) is 11.5. The van der Waals surface area contributed by atoms with Crippen molar-refractivity contribution in [2.45, 2.75) is 31.3 Å². The number of nitrogens with zero attached hydrogens (tertiary/aromatic N) is 1. The Balaban J connectivity index is 4.08. The normalized spacial score (nSPS) is 22.2. The third-order valence-corrected chi connectivity index (χ3v) is 1.50. The quantitative estimate of drug-likeness (QED) is 0.379. The average molecular weight is 177 g/mol. The van der Waals surface area contributed by atoms with Crippen LogP contribution < -0.4 is 0 Å². The van der Waals surface area contributed by atoms with Crippen molar-refractivity contribution in [3.63, 3.8) is 0 Å². The van der Waals surface area contributed by atoms with Crippen molar-refractivity contribution in [1.82, 2.24) is 0 Å². The summed E-state index contributed by atoms with van der Waals surface area (Å²) in [6.07, 6.45) is -4.01. The maximum atomic E-state index is 9.14. The second-order valence-corrected chi connectivity index (χ2v) is 2.62. The highest BCUT2D eigenvalue weighted by Crippen LogP contribution is 2.02. The predicted molar refractivity (Wildman–Crippen MR) is 44.1 cm³/mol. The third kappa shape index (κ3) is 3.27. The lowest BCUT2D eigenvalue weighted by Gasteiger charge is -2.22. The molecular formula is C7H15NO4. The fourth-order valence-corrected chi connectivity index (χ4v) is 0.728. The Morgan fingerprint density at radius 3 is 1.92 bits per heavy atom. The molecule has 0 aliphatic carbocycles. The molecule has 0 saturated heterocycles. The van der Waals surface area contributed by atoms with Crippen LogP contribution in [0.5, 0.6) is 0 Å². The van der Waals surface area contributed by atoms with Crippen molar-refractivity contribution >= 4 is 6.21 Å². The summed E-state index contributed by atoms with van der Waals surface area (Å²) in [6, 6.07) is 0. The number of aliphatic imine (C=N–C) groups is 1. The van der Waals surface area contributed by atoms with E-state index < -0.39 is 24.4 Å². The van der Waals surface area contributed by atoms with Gasteiger partial charge in [0.15, 0.2) is 0 Å². The number of aliphatic hydroxyl groups is 4. The summed E-state index contributed by atoms with van der Waals surface area (Å²) in [6.45, 7) is 1.32. The Morgan fingerprint density at radius 1 is 1.08 bits per heavy atom. The molecule has 0 saturated carbocycles. The van der Waals surface area contributed by atoms with Crippen LogP contribution in [-0.2, 0) is 0 Å². The van der Waals surface area contributed by atoms with E-state index in [-0.39, 0.29) is 0 Å². The van der Waals surface area contributed by atoms with Gasteiger partial charge in [0, 0.05) is 13.3 Å². The minimum Gasteiger partial charge on any atom is -0.391 e. The Bertz CT molecular complexity index is 148. The first-order chi connectivity index (χ1) is 5.50. The van der Waals surface area contributed by atoms with Crippen molar-refractivity contribution in [1.29, 1.82) is 0 Å². The van der Waals surface area contributed by atoms with Gasteiger partial charge in [0.2, 0.25) is 0 Å². The highest BCUT2D eigenvalue weighted by atomic mass is 16.4. The summed E-state index contributed by atoms with van der Waals surface area (Å²) in [5, 5.41) is 36.1. The molecule has 0 fully saturated rings. The van der Waals surface area contributed by atoms with Gasteiger partial charge in [0.05, 0.1) is 6.10 Å². The Hall–Kier alpha value is -0.490. The zero-order chi connectivity index (χ0) is 9.72. The Morgan fingerprint density at radius 2 is 1.58 bits per heavy atom. The minimum absolute atomic E-state index is 1.08. The van der Waals surface area contributed by atoms with Crippen LogP contribution in [0.4, 0.5) is 0 Å². The van der Waals surface area contributed by atoms with Gasteiger partial charge >= 0.3 is 0 Å². The molecule has 72 valence electrons. The second kappa shape index (κ2) is 5.21. The van der Waals surface area contributed by atoms with Gasteiger partial charge in [-0.05, 0) is 6.92 Å². The first-order valence-corrected chi connectivity index (χ1v) is 3.65. The van der Waals surface area contributed by atoms with E-state index in [1.54, 1.807) is 0 Å². The lowest BCUT2D eigenvalue weighted by Crippen LogP contribution is -2.43. The van der Waals surface area contributed by atoms with Crippen molar-refractivity contribution in [2.24, 2.45) is 4.99 Å². The molecule has 0 aliphatic heterocycles. The van der Waals surface area contributed by atoms with Crippen molar-refractivity contribution in [3.05, 3.63) is 0 Å². The lowest BCUT2D eigenvalue weighted by molar-refractivity contribution is -0.0820. The molecule has 0 aromatic carbocycles. The maximum absolute atomic E-state index is 9.14. The average Bonchev–Trinajstić information content (AvgIpc) is 2.02. The highest BCUT2D eigenvalue weighted by molar-refractivity contribution is 5.63. The van der Waals surface area contributed by atoms with Crippen LogP contribution in [0.15, 0.2) is 4.99 Å². The third-order valence-electron chi connectivity index (χ3n) is 1.50. The van der Waals surface area contributed by atoms with Gasteiger partial charge < -0.3 is 20.4 Å². The molecule has 5 nitrogen and oxygen atoms in total. The van der Waals surface area contributed by atoms with Crippen LogP contribution in [0.1, 0.15) is 6.92 Å². The molecule has 0 bridgehead atoms. The monoisotopic (exact) mass is 177 g/mol. The fourth-order valence-electron chi connectivity index (χ4n) is 0.728. The Labute approximate surface area is 71.0 Å². The van der Waals surface area contributed by atoms with Gasteiger partial charge in [-0.3, -0.25) is 4.99 Å². The van der Waals surface area contributed by atoms with Gasteiger partial charge in [0.1, 0.15) is 18.3 Å². The molecular weight excluding hydrogens is 162 g/mol. The molecule has 0 aliphatic rings. The number of hydrogen-bond acceptors (Lipinski definition) is 5. The molecule has 0 amide bonds. The largest absolute Gasteiger partial charge is 0.391 e. The SMILES string of the molecule is CN=C[C@@H](O)[C@H](O)[C@H](O)[C@H](C)O. The molecule has 4 atom stereocenters. The number of rotatable bonds is 4. The molecule has 5 heteroatoms. The van der Waals surface area contributed by atoms with E-state index in [2.05, 4.69) is 4.99 Å². The molecule has 4 N–H and O–H groups in total. The fraction of sp³-hybridized carbons (Fsp3) is 0.857. The van der Waals surface area contributed by atoms with Gasteiger partial charge in [-0.2, -0.15) is 0 Å². The Kier molecular flexibility index (Phi) is 5.00. The number of hydrogen-bond donors (Lipinski definition) is 4. The van der Waals surface area contributed by atoms with Crippen molar-refractivity contribution < 1.29 is 20.4 Å². The molecule has 12 heavy (non-hydrogen) atoms. The summed E-state index contributed by atoms with van der Waals surface area (Å²) < 4.78 is 0. The van der Waals surface area contributed by atoms with Crippen LogP contribution in [0, 0.1) is 0 Å². The number of aliphatic hydroxyl groups excluding tert-OH is 4. The van der Waals surface area contributed by atoms with Crippen molar-refractivity contribution in [3.8, 4) is 0 Å². The molecule has 0 spiro atoms. The molecule has 0 aromatic rings. The molecule has 0 rings (SSSR count). The van der Waals surface area contributed by atoms with Gasteiger partial charge in [-0.15, -0.1) is 0 Å². The van der Waals surface area contributed by atoms with Crippen LogP contribution in [-0.4, -0.2) is 58.1 Å². The van der Waals surface area contributed by atoms with E-state index in [0.29, 0.717) is 0 Å². The first-order valence-electron chi connectivity index (χ1n) is 3.65. The van der Waals surface area contributed by atoms with E-state index in [9.17, 15) is 0 Å². The predicted octanol–water partition coefficient (Wildman–Crippen LogP) is -1.85. The zero-order valence-corrected chi connectivity index (χ0v) is 7.12. The zero-order valence-electron chi connectivity index (χ0n) is 7.12. The summed E-state index contributed by atoms with van der Waals surface area (Å²) in [7, 11) is 1.44. The van der Waals surface area contributed by atoms with E-state index in [4.69, 9.17) is 20.4 Å². The standard InChI is InChI=1S/C7H15NO4/c1-4(9)6(11)7(12)5(10)3-8-2/h3-7,9-12H,1-2H3/t4-,5+,6+,7-/m0/s1. The maximum Gasteiger partial charge on any atom is 0.117 e. The summed E-state index contributed by atoms with van der Waals surface area (Å²) >= 11 is 0. The topological polar surface area (TPSA) is 93.3 Å². The van der Waals surface area contributed by atoms with Gasteiger partial charge in [0.25, 0.3) is 0 Å².